The summed E-state index contributed by atoms with van der Waals surface area (Å²) in [6, 6.07) is 2.78. The largest absolute Gasteiger partial charge is 0.493 e. The molecule has 0 aliphatic carbocycles. The van der Waals surface area contributed by atoms with Gasteiger partial charge < -0.3 is 25.4 Å². The maximum atomic E-state index is 10.9. The van der Waals surface area contributed by atoms with Crippen LogP contribution in [0, 0.1) is 0 Å². The van der Waals surface area contributed by atoms with Crippen molar-refractivity contribution in [2.24, 2.45) is 5.73 Å². The third kappa shape index (κ3) is 3.46. The highest BCUT2D eigenvalue weighted by molar-refractivity contribution is 5.78. The number of aliphatic hydroxyl groups excluding tert-OH is 2. The van der Waals surface area contributed by atoms with Gasteiger partial charge in [0.2, 0.25) is 5.91 Å². The Kier molecular flexibility index (Phi) is 5.48. The summed E-state index contributed by atoms with van der Waals surface area (Å²) < 4.78 is 10.2. The van der Waals surface area contributed by atoms with E-state index in [0.717, 1.165) is 0 Å². The molecule has 2 atom stereocenters. The minimum Gasteiger partial charge on any atom is -0.493 e. The number of aldehydes is 1. The Labute approximate surface area is 115 Å². The van der Waals surface area contributed by atoms with Gasteiger partial charge in [-0.25, -0.2) is 0 Å². The second-order valence-electron chi connectivity index (χ2n) is 4.15. The van der Waals surface area contributed by atoms with Crippen molar-refractivity contribution in [2.75, 3.05) is 14.2 Å². The average Bonchev–Trinajstić information content (AvgIpc) is 2.43. The number of ether oxygens (including phenoxy) is 2. The summed E-state index contributed by atoms with van der Waals surface area (Å²) in [5.74, 6) is -0.347. The SMILES string of the molecule is COc1cc(C=O)cc(C(O)C(O)CC(N)=O)c1OC. The van der Waals surface area contributed by atoms with Gasteiger partial charge in [-0.3, -0.25) is 9.59 Å². The molecule has 0 spiro atoms. The van der Waals surface area contributed by atoms with E-state index in [0.29, 0.717) is 6.29 Å². The lowest BCUT2D eigenvalue weighted by molar-refractivity contribution is -0.121. The number of methoxy groups -OCH3 is 2. The van der Waals surface area contributed by atoms with Gasteiger partial charge in [-0.2, -0.15) is 0 Å². The minimum absolute atomic E-state index is 0.141. The van der Waals surface area contributed by atoms with Crippen molar-refractivity contribution >= 4 is 12.2 Å². The molecule has 110 valence electrons. The van der Waals surface area contributed by atoms with Crippen molar-refractivity contribution in [3.63, 3.8) is 0 Å². The van der Waals surface area contributed by atoms with E-state index in [9.17, 15) is 19.8 Å². The van der Waals surface area contributed by atoms with Gasteiger partial charge in [0.25, 0.3) is 0 Å². The van der Waals surface area contributed by atoms with Gasteiger partial charge in [-0.05, 0) is 12.1 Å². The predicted octanol–water partition coefficient (Wildman–Crippen LogP) is -0.214. The van der Waals surface area contributed by atoms with E-state index >= 15 is 0 Å². The van der Waals surface area contributed by atoms with Gasteiger partial charge in [0, 0.05) is 11.1 Å². The van der Waals surface area contributed by atoms with Crippen molar-refractivity contribution in [3.8, 4) is 11.5 Å². The molecule has 0 aliphatic rings. The molecule has 1 aromatic carbocycles. The lowest BCUT2D eigenvalue weighted by Crippen LogP contribution is -2.26. The quantitative estimate of drug-likeness (QED) is 0.595. The van der Waals surface area contributed by atoms with Crippen molar-refractivity contribution in [3.05, 3.63) is 23.3 Å². The fourth-order valence-corrected chi connectivity index (χ4v) is 1.83. The smallest absolute Gasteiger partial charge is 0.220 e. The number of hydrogen-bond donors (Lipinski definition) is 3. The molecule has 20 heavy (non-hydrogen) atoms. The molecule has 0 heterocycles. The lowest BCUT2D eigenvalue weighted by Gasteiger charge is -2.21. The standard InChI is InChI=1S/C13H17NO6/c1-19-10-4-7(6-15)3-8(13(10)20-2)12(18)9(16)5-11(14)17/h3-4,6,9,12,16,18H,5H2,1-2H3,(H2,14,17). The summed E-state index contributed by atoms with van der Waals surface area (Å²) in [6.07, 6.45) is -2.70. The van der Waals surface area contributed by atoms with E-state index in [1.54, 1.807) is 0 Å². The minimum atomic E-state index is -1.44. The number of rotatable bonds is 7. The highest BCUT2D eigenvalue weighted by Gasteiger charge is 2.26. The molecule has 2 unspecified atom stereocenters. The Morgan fingerprint density at radius 2 is 2.00 bits per heavy atom. The molecule has 7 nitrogen and oxygen atoms in total. The second kappa shape index (κ2) is 6.88. The summed E-state index contributed by atoms with van der Waals surface area (Å²) in [6.45, 7) is 0. The van der Waals surface area contributed by atoms with Gasteiger partial charge >= 0.3 is 0 Å². The summed E-state index contributed by atoms with van der Waals surface area (Å²) in [5, 5.41) is 19.8. The lowest BCUT2D eigenvalue weighted by atomic mass is 9.98. The van der Waals surface area contributed by atoms with Crippen LogP contribution in [0.1, 0.15) is 28.4 Å². The Morgan fingerprint density at radius 3 is 2.45 bits per heavy atom. The predicted molar refractivity (Wildman–Crippen MR) is 69.7 cm³/mol. The van der Waals surface area contributed by atoms with Gasteiger partial charge in [0.05, 0.1) is 26.7 Å². The first-order chi connectivity index (χ1) is 9.44. The van der Waals surface area contributed by atoms with E-state index in [1.165, 1.54) is 26.4 Å². The Hall–Kier alpha value is -2.12. The summed E-state index contributed by atoms with van der Waals surface area (Å²) in [5.41, 5.74) is 5.35. The molecule has 0 aliphatic heterocycles. The molecule has 0 fully saturated rings. The van der Waals surface area contributed by atoms with E-state index in [-0.39, 0.29) is 22.6 Å². The molecule has 1 rings (SSSR count). The first-order valence-electron chi connectivity index (χ1n) is 5.80. The van der Waals surface area contributed by atoms with Crippen LogP contribution in [0.2, 0.25) is 0 Å². The van der Waals surface area contributed by atoms with Gasteiger partial charge in [0.15, 0.2) is 11.5 Å². The summed E-state index contributed by atoms with van der Waals surface area (Å²) >= 11 is 0. The molecular formula is C13H17NO6. The number of primary amides is 1. The third-order valence-electron chi connectivity index (χ3n) is 2.76. The van der Waals surface area contributed by atoms with Gasteiger partial charge in [-0.15, -0.1) is 0 Å². The summed E-state index contributed by atoms with van der Waals surface area (Å²) in [4.78, 5) is 21.7. The fourth-order valence-electron chi connectivity index (χ4n) is 1.83. The number of amides is 1. The molecule has 0 saturated carbocycles. The van der Waals surface area contributed by atoms with E-state index in [4.69, 9.17) is 15.2 Å². The Balaban J connectivity index is 3.26. The molecular weight excluding hydrogens is 266 g/mol. The monoisotopic (exact) mass is 283 g/mol. The molecule has 1 amide bonds. The third-order valence-corrected chi connectivity index (χ3v) is 2.76. The maximum Gasteiger partial charge on any atom is 0.220 e. The van der Waals surface area contributed by atoms with Crippen LogP contribution in [0.5, 0.6) is 11.5 Å². The van der Waals surface area contributed by atoms with Gasteiger partial charge in [-0.1, -0.05) is 0 Å². The molecule has 0 saturated heterocycles. The van der Waals surface area contributed by atoms with Gasteiger partial charge in [0.1, 0.15) is 12.4 Å². The number of nitrogens with two attached hydrogens (primary N) is 1. The first kappa shape index (κ1) is 15.9. The Bertz CT molecular complexity index is 502. The second-order valence-corrected chi connectivity index (χ2v) is 4.15. The number of benzene rings is 1. The van der Waals surface area contributed by atoms with E-state index in [1.807, 2.05) is 0 Å². The molecule has 1 aromatic rings. The Morgan fingerprint density at radius 1 is 1.35 bits per heavy atom. The molecule has 0 bridgehead atoms. The van der Waals surface area contributed by atoms with E-state index < -0.39 is 24.5 Å². The van der Waals surface area contributed by atoms with Crippen molar-refractivity contribution < 1.29 is 29.3 Å². The van der Waals surface area contributed by atoms with Crippen LogP contribution >= 0.6 is 0 Å². The van der Waals surface area contributed by atoms with Crippen LogP contribution in [0.15, 0.2) is 12.1 Å². The molecule has 4 N–H and O–H groups in total. The number of hydrogen-bond acceptors (Lipinski definition) is 6. The van der Waals surface area contributed by atoms with Crippen LogP contribution in [0.4, 0.5) is 0 Å². The number of carbonyl (C=O) groups excluding carboxylic acids is 2. The number of aliphatic hydroxyl groups is 2. The zero-order chi connectivity index (χ0) is 15.3. The highest BCUT2D eigenvalue weighted by atomic mass is 16.5. The van der Waals surface area contributed by atoms with Crippen LogP contribution in [-0.2, 0) is 4.79 Å². The van der Waals surface area contributed by atoms with Crippen molar-refractivity contribution in [1.29, 1.82) is 0 Å². The first-order valence-corrected chi connectivity index (χ1v) is 5.80. The number of carbonyl (C=O) groups is 2. The average molecular weight is 283 g/mol. The fraction of sp³-hybridized carbons (Fsp3) is 0.385. The molecule has 7 heteroatoms. The zero-order valence-electron chi connectivity index (χ0n) is 11.2. The van der Waals surface area contributed by atoms with Crippen LogP contribution < -0.4 is 15.2 Å². The van der Waals surface area contributed by atoms with Crippen molar-refractivity contribution in [2.45, 2.75) is 18.6 Å². The highest BCUT2D eigenvalue weighted by Crippen LogP contribution is 2.37. The molecule has 0 aromatic heterocycles. The maximum absolute atomic E-state index is 10.9. The molecule has 0 radical (unpaired) electrons. The van der Waals surface area contributed by atoms with Crippen molar-refractivity contribution in [1.82, 2.24) is 0 Å². The topological polar surface area (TPSA) is 119 Å². The van der Waals surface area contributed by atoms with E-state index in [2.05, 4.69) is 0 Å². The van der Waals surface area contributed by atoms with Crippen LogP contribution in [0.3, 0.4) is 0 Å². The zero-order valence-corrected chi connectivity index (χ0v) is 11.2. The van der Waals surface area contributed by atoms with Crippen LogP contribution in [-0.4, -0.2) is 42.7 Å². The van der Waals surface area contributed by atoms with Crippen LogP contribution in [0.25, 0.3) is 0 Å². The summed E-state index contributed by atoms with van der Waals surface area (Å²) in [7, 11) is 2.73. The normalized spacial score (nSPS) is 13.4.